The minimum absolute atomic E-state index is 0. The van der Waals surface area contributed by atoms with Gasteiger partial charge in [0.1, 0.15) is 5.75 Å². The topological polar surface area (TPSA) is 69.7 Å². The molecule has 2 aliphatic heterocycles. The Hall–Kier alpha value is -0.370. The highest BCUT2D eigenvalue weighted by atomic mass is 35.5. The molecule has 8 heteroatoms. The third kappa shape index (κ3) is 4.57. The first kappa shape index (κ1) is 19.7. The number of sulfone groups is 1. The Balaban J connectivity index is 0.00000242. The molecule has 0 radical (unpaired) electrons. The fraction of sp³-hybridized carbons (Fsp3) is 0.929. The molecule has 2 aliphatic rings. The Kier molecular flexibility index (Phi) is 6.68. The smallest absolute Gasteiger partial charge is 0.237 e. The van der Waals surface area contributed by atoms with Gasteiger partial charge in [-0.15, -0.1) is 12.4 Å². The lowest BCUT2D eigenvalue weighted by molar-refractivity contribution is -0.127. The highest BCUT2D eigenvalue weighted by molar-refractivity contribution is 7.93. The number of rotatable bonds is 3. The van der Waals surface area contributed by atoms with E-state index in [1.165, 1.54) is 0 Å². The third-order valence-corrected chi connectivity index (χ3v) is 6.92. The Morgan fingerprint density at radius 1 is 1.18 bits per heavy atom. The van der Waals surface area contributed by atoms with Crippen molar-refractivity contribution in [3.63, 3.8) is 0 Å². The molecule has 2 fully saturated rings. The summed E-state index contributed by atoms with van der Waals surface area (Å²) in [5, 5.41) is 3.32. The lowest BCUT2D eigenvalue weighted by Crippen LogP contribution is -2.49. The van der Waals surface area contributed by atoms with Crippen molar-refractivity contribution in [3.8, 4) is 0 Å². The van der Waals surface area contributed by atoms with E-state index in [2.05, 4.69) is 10.2 Å². The number of hydrogen-bond donors (Lipinski definition) is 1. The number of nitrogens with one attached hydrogen (secondary N) is 1. The zero-order chi connectivity index (χ0) is 15.7. The summed E-state index contributed by atoms with van der Waals surface area (Å²) in [6.07, 6.45) is 0.946. The number of likely N-dealkylation sites (tertiary alicyclic amines) is 1. The Labute approximate surface area is 139 Å². The van der Waals surface area contributed by atoms with Gasteiger partial charge in [-0.05, 0) is 27.2 Å². The fourth-order valence-electron chi connectivity index (χ4n) is 2.78. The van der Waals surface area contributed by atoms with E-state index in [9.17, 15) is 13.2 Å². The molecule has 0 spiro atoms. The molecule has 0 aromatic heterocycles. The molecule has 2 saturated heterocycles. The first-order valence-electron chi connectivity index (χ1n) is 7.65. The second-order valence-electron chi connectivity index (χ2n) is 6.94. The maximum absolute atomic E-state index is 12.3. The number of hydrogen-bond acceptors (Lipinski definition) is 5. The van der Waals surface area contributed by atoms with Crippen molar-refractivity contribution in [2.24, 2.45) is 0 Å². The summed E-state index contributed by atoms with van der Waals surface area (Å²) in [4.78, 5) is 16.4. The second-order valence-corrected chi connectivity index (χ2v) is 9.68. The van der Waals surface area contributed by atoms with E-state index in [0.29, 0.717) is 19.1 Å². The van der Waals surface area contributed by atoms with Crippen molar-refractivity contribution >= 4 is 28.2 Å². The summed E-state index contributed by atoms with van der Waals surface area (Å²) in [7, 11) is -3.39. The zero-order valence-corrected chi connectivity index (χ0v) is 15.3. The summed E-state index contributed by atoms with van der Waals surface area (Å²) in [6.45, 7) is 10.3. The maximum atomic E-state index is 12.3. The first-order chi connectivity index (χ1) is 9.71. The van der Waals surface area contributed by atoms with Gasteiger partial charge in [-0.3, -0.25) is 9.69 Å². The quantitative estimate of drug-likeness (QED) is 0.781. The molecule has 6 nitrogen and oxygen atoms in total. The van der Waals surface area contributed by atoms with E-state index in [0.717, 1.165) is 32.6 Å². The number of piperazine rings is 1. The van der Waals surface area contributed by atoms with E-state index in [-0.39, 0.29) is 24.1 Å². The standard InChI is InChI=1S/C14H27N3O3S.ClH/c1-14(2,3)21(19,20)11-13(18)17-7-4-12(10-17)16-8-5-15-6-9-16;/h12,15H,4-11H2,1-3H3;1H. The van der Waals surface area contributed by atoms with Gasteiger partial charge < -0.3 is 10.2 Å². The molecule has 2 heterocycles. The SMILES string of the molecule is CC(C)(C)S(=O)(=O)CC(=O)N1CCC(N2CCNCC2)C1.Cl. The van der Waals surface area contributed by atoms with E-state index in [1.54, 1.807) is 25.7 Å². The first-order valence-corrected chi connectivity index (χ1v) is 9.31. The maximum Gasteiger partial charge on any atom is 0.237 e. The molecule has 1 amide bonds. The van der Waals surface area contributed by atoms with Gasteiger partial charge in [0.2, 0.25) is 5.91 Å². The van der Waals surface area contributed by atoms with Crippen LogP contribution in [0.25, 0.3) is 0 Å². The average Bonchev–Trinajstić information content (AvgIpc) is 2.87. The van der Waals surface area contributed by atoms with Crippen molar-refractivity contribution in [1.29, 1.82) is 0 Å². The van der Waals surface area contributed by atoms with Crippen LogP contribution in [0.3, 0.4) is 0 Å². The highest BCUT2D eigenvalue weighted by Crippen LogP contribution is 2.20. The minimum atomic E-state index is -3.39. The van der Waals surface area contributed by atoms with Crippen LogP contribution in [0.4, 0.5) is 0 Å². The van der Waals surface area contributed by atoms with Gasteiger partial charge in [-0.1, -0.05) is 0 Å². The molecule has 1 atom stereocenters. The lowest BCUT2D eigenvalue weighted by Gasteiger charge is -2.32. The van der Waals surface area contributed by atoms with Crippen LogP contribution in [0.1, 0.15) is 27.2 Å². The van der Waals surface area contributed by atoms with Crippen LogP contribution in [0.2, 0.25) is 0 Å². The van der Waals surface area contributed by atoms with Crippen molar-refractivity contribution in [1.82, 2.24) is 15.1 Å². The largest absolute Gasteiger partial charge is 0.340 e. The number of carbonyl (C=O) groups is 1. The van der Waals surface area contributed by atoms with Crippen LogP contribution >= 0.6 is 12.4 Å². The van der Waals surface area contributed by atoms with Crippen LogP contribution < -0.4 is 5.32 Å². The molecule has 2 rings (SSSR count). The van der Waals surface area contributed by atoms with Crippen LogP contribution in [0, 0.1) is 0 Å². The molecular formula is C14H28ClN3O3S. The van der Waals surface area contributed by atoms with Crippen molar-refractivity contribution in [2.45, 2.75) is 38.0 Å². The molecule has 22 heavy (non-hydrogen) atoms. The number of halogens is 1. The van der Waals surface area contributed by atoms with Gasteiger partial charge >= 0.3 is 0 Å². The van der Waals surface area contributed by atoms with Crippen molar-refractivity contribution in [2.75, 3.05) is 45.0 Å². The molecule has 0 aromatic carbocycles. The normalized spacial score (nSPS) is 24.1. The van der Waals surface area contributed by atoms with E-state index < -0.39 is 14.6 Å². The fourth-order valence-corrected chi connectivity index (χ4v) is 3.72. The predicted molar refractivity (Wildman–Crippen MR) is 90.2 cm³/mol. The van der Waals surface area contributed by atoms with Gasteiger partial charge in [-0.2, -0.15) is 0 Å². The summed E-state index contributed by atoms with van der Waals surface area (Å²) >= 11 is 0. The van der Waals surface area contributed by atoms with Crippen molar-refractivity contribution < 1.29 is 13.2 Å². The third-order valence-electron chi connectivity index (χ3n) is 4.43. The zero-order valence-electron chi connectivity index (χ0n) is 13.7. The van der Waals surface area contributed by atoms with Crippen LogP contribution in [0.5, 0.6) is 0 Å². The molecule has 0 saturated carbocycles. The summed E-state index contributed by atoms with van der Waals surface area (Å²) in [6, 6.07) is 0.383. The Bertz CT molecular complexity index is 484. The van der Waals surface area contributed by atoms with Crippen LogP contribution in [-0.4, -0.2) is 79.9 Å². The average molecular weight is 354 g/mol. The van der Waals surface area contributed by atoms with Gasteiger partial charge in [-0.25, -0.2) is 8.42 Å². The van der Waals surface area contributed by atoms with Gasteiger partial charge in [0.25, 0.3) is 0 Å². The molecule has 0 bridgehead atoms. The summed E-state index contributed by atoms with van der Waals surface area (Å²) in [5.41, 5.74) is 0. The number of carbonyl (C=O) groups excluding carboxylic acids is 1. The monoisotopic (exact) mass is 353 g/mol. The van der Waals surface area contributed by atoms with Gasteiger partial charge in [0, 0.05) is 45.3 Å². The van der Waals surface area contributed by atoms with Gasteiger partial charge in [0.05, 0.1) is 4.75 Å². The molecule has 1 N–H and O–H groups in total. The molecule has 130 valence electrons. The van der Waals surface area contributed by atoms with E-state index in [4.69, 9.17) is 0 Å². The molecule has 0 aliphatic carbocycles. The highest BCUT2D eigenvalue weighted by Gasteiger charge is 2.36. The Morgan fingerprint density at radius 3 is 2.32 bits per heavy atom. The number of nitrogens with zero attached hydrogens (tertiary/aromatic N) is 2. The second kappa shape index (κ2) is 7.47. The summed E-state index contributed by atoms with van der Waals surface area (Å²) in [5.74, 6) is -0.618. The van der Waals surface area contributed by atoms with Crippen LogP contribution in [-0.2, 0) is 14.6 Å². The molecule has 0 aromatic rings. The minimum Gasteiger partial charge on any atom is -0.340 e. The lowest BCUT2D eigenvalue weighted by atomic mass is 10.2. The summed E-state index contributed by atoms with van der Waals surface area (Å²) < 4.78 is 23.4. The Morgan fingerprint density at radius 2 is 1.77 bits per heavy atom. The van der Waals surface area contributed by atoms with Gasteiger partial charge in [0.15, 0.2) is 9.84 Å². The van der Waals surface area contributed by atoms with Crippen LogP contribution in [0.15, 0.2) is 0 Å². The number of amides is 1. The predicted octanol–water partition coefficient (Wildman–Crippen LogP) is 0.128. The van der Waals surface area contributed by atoms with E-state index in [1.807, 2.05) is 0 Å². The van der Waals surface area contributed by atoms with Crippen molar-refractivity contribution in [3.05, 3.63) is 0 Å². The molecular weight excluding hydrogens is 326 g/mol. The molecule has 1 unspecified atom stereocenters. The van der Waals surface area contributed by atoms with E-state index >= 15 is 0 Å².